The molecule has 0 spiro atoms. The Hall–Kier alpha value is -3.61. The molecule has 3 aromatic rings. The van der Waals surface area contributed by atoms with Crippen LogP contribution >= 0.6 is 11.6 Å². The minimum Gasteiger partial charge on any atom is -0.333 e. The van der Waals surface area contributed by atoms with Gasteiger partial charge in [-0.25, -0.2) is 27.4 Å². The quantitative estimate of drug-likeness (QED) is 0.289. The monoisotopic (exact) mass is 573 g/mol. The molecule has 1 saturated heterocycles. The highest BCUT2D eigenvalue weighted by Crippen LogP contribution is 2.27. The van der Waals surface area contributed by atoms with E-state index in [0.717, 1.165) is 5.69 Å². The molecule has 0 aliphatic carbocycles. The van der Waals surface area contributed by atoms with Crippen LogP contribution < -0.4 is 26.0 Å². The normalized spacial score (nSPS) is 15.5. The average molecular weight is 574 g/mol. The highest BCUT2D eigenvalue weighted by molar-refractivity contribution is 7.90. The minimum absolute atomic E-state index is 0.0886. The Bertz CT molecular complexity index is 1440. The summed E-state index contributed by atoms with van der Waals surface area (Å²) in [5, 5.41) is 15.9. The zero-order valence-electron chi connectivity index (χ0n) is 21.9. The van der Waals surface area contributed by atoms with Gasteiger partial charge in [-0.05, 0) is 54.9 Å². The number of hydrogen-bond donors (Lipinski definition) is 5. The number of hydrogen-bond acceptors (Lipinski definition) is 6. The molecular formula is C26H32ClN7O4S. The van der Waals surface area contributed by atoms with Gasteiger partial charge in [0.25, 0.3) is 0 Å². The van der Waals surface area contributed by atoms with Crippen LogP contribution in [0.5, 0.6) is 0 Å². The Morgan fingerprint density at radius 3 is 2.49 bits per heavy atom. The molecule has 11 nitrogen and oxygen atoms in total. The van der Waals surface area contributed by atoms with E-state index in [-0.39, 0.29) is 12.0 Å². The first-order chi connectivity index (χ1) is 18.4. The molecule has 0 radical (unpaired) electrons. The maximum Gasteiger partial charge on any atom is 0.328 e. The van der Waals surface area contributed by atoms with Crippen molar-refractivity contribution >= 4 is 45.2 Å². The average Bonchev–Trinajstić information content (AvgIpc) is 3.55. The summed E-state index contributed by atoms with van der Waals surface area (Å²) >= 11 is 5.92. The molecule has 1 fully saturated rings. The number of aromatic nitrogens is 2. The van der Waals surface area contributed by atoms with Crippen molar-refractivity contribution in [3.63, 3.8) is 0 Å². The summed E-state index contributed by atoms with van der Waals surface area (Å²) in [5.41, 5.74) is 2.42. The lowest BCUT2D eigenvalue weighted by atomic mass is 9.92. The highest BCUT2D eigenvalue weighted by Gasteiger charge is 2.30. The van der Waals surface area contributed by atoms with Crippen LogP contribution in [-0.2, 0) is 22.0 Å². The highest BCUT2D eigenvalue weighted by atomic mass is 35.5. The molecule has 1 aromatic heterocycles. The topological polar surface area (TPSA) is 146 Å². The lowest BCUT2D eigenvalue weighted by Crippen LogP contribution is -2.44. The van der Waals surface area contributed by atoms with Crippen molar-refractivity contribution < 1.29 is 18.0 Å². The fourth-order valence-electron chi connectivity index (χ4n) is 3.97. The molecule has 0 saturated carbocycles. The van der Waals surface area contributed by atoms with Gasteiger partial charge in [-0.2, -0.15) is 5.10 Å². The fourth-order valence-corrected chi connectivity index (χ4v) is 5.36. The molecule has 0 bridgehead atoms. The van der Waals surface area contributed by atoms with Crippen molar-refractivity contribution in [2.75, 3.05) is 23.7 Å². The van der Waals surface area contributed by atoms with Gasteiger partial charge in [0, 0.05) is 35.3 Å². The number of carbonyl (C=O) groups excluding carboxylic acids is 2. The third kappa shape index (κ3) is 7.49. The van der Waals surface area contributed by atoms with Gasteiger partial charge in [0.1, 0.15) is 5.82 Å². The number of sulfonamides is 1. The van der Waals surface area contributed by atoms with Crippen molar-refractivity contribution in [3.05, 3.63) is 70.9 Å². The van der Waals surface area contributed by atoms with Gasteiger partial charge in [-0.15, -0.1) is 0 Å². The van der Waals surface area contributed by atoms with Crippen molar-refractivity contribution in [2.24, 2.45) is 0 Å². The third-order valence-corrected chi connectivity index (χ3v) is 8.12. The van der Waals surface area contributed by atoms with Crippen LogP contribution in [0.4, 0.5) is 21.1 Å². The molecule has 13 heteroatoms. The number of anilines is 2. The van der Waals surface area contributed by atoms with Crippen LogP contribution in [0, 0.1) is 0 Å². The fraction of sp³-hybridized carbons (Fsp3) is 0.346. The molecule has 39 heavy (non-hydrogen) atoms. The second kappa shape index (κ2) is 11.6. The second-order valence-corrected chi connectivity index (χ2v) is 12.7. The lowest BCUT2D eigenvalue weighted by molar-refractivity contribution is 0.245. The number of amides is 4. The van der Waals surface area contributed by atoms with Crippen LogP contribution in [0.15, 0.2) is 54.6 Å². The molecule has 1 aliphatic heterocycles. The van der Waals surface area contributed by atoms with E-state index in [2.05, 4.69) is 26.0 Å². The molecule has 208 valence electrons. The van der Waals surface area contributed by atoms with E-state index in [4.69, 9.17) is 16.7 Å². The van der Waals surface area contributed by atoms with Crippen molar-refractivity contribution in [3.8, 4) is 5.69 Å². The maximum atomic E-state index is 12.8. The molecule has 1 atom stereocenters. The van der Waals surface area contributed by atoms with Gasteiger partial charge < -0.3 is 16.0 Å². The van der Waals surface area contributed by atoms with E-state index in [1.165, 1.54) is 0 Å². The van der Waals surface area contributed by atoms with Crippen molar-refractivity contribution in [1.82, 2.24) is 25.1 Å². The smallest absolute Gasteiger partial charge is 0.328 e. The first kappa shape index (κ1) is 28.4. The van der Waals surface area contributed by atoms with E-state index in [0.29, 0.717) is 47.3 Å². The zero-order chi connectivity index (χ0) is 28.2. The number of benzene rings is 2. The predicted molar refractivity (Wildman–Crippen MR) is 152 cm³/mol. The predicted octanol–water partition coefficient (Wildman–Crippen LogP) is 3.96. The summed E-state index contributed by atoms with van der Waals surface area (Å²) < 4.78 is 28.4. The molecular weight excluding hydrogens is 542 g/mol. The van der Waals surface area contributed by atoms with Gasteiger partial charge >= 0.3 is 12.1 Å². The van der Waals surface area contributed by atoms with E-state index < -0.39 is 27.3 Å². The van der Waals surface area contributed by atoms with E-state index in [1.807, 2.05) is 32.9 Å². The SMILES string of the molecule is CC(C)(C)c1cc(NC(=O)Nc2ccc(Cl)cc2)n(-c2cccc(CNC(=O)NS(=O)(=O)C3CCNC3)c2)n1. The first-order valence-corrected chi connectivity index (χ1v) is 14.4. The molecule has 2 heterocycles. The van der Waals surface area contributed by atoms with Gasteiger partial charge in [0.05, 0.1) is 16.6 Å². The number of nitrogens with one attached hydrogen (secondary N) is 5. The van der Waals surface area contributed by atoms with Crippen LogP contribution in [0.3, 0.4) is 0 Å². The minimum atomic E-state index is -3.76. The van der Waals surface area contributed by atoms with E-state index in [1.54, 1.807) is 47.1 Å². The van der Waals surface area contributed by atoms with Crippen LogP contribution in [0.2, 0.25) is 5.02 Å². The van der Waals surface area contributed by atoms with Gasteiger partial charge in [0.2, 0.25) is 10.0 Å². The molecule has 4 amide bonds. The van der Waals surface area contributed by atoms with Crippen molar-refractivity contribution in [2.45, 2.75) is 44.4 Å². The van der Waals surface area contributed by atoms with Crippen LogP contribution in [-0.4, -0.2) is 48.6 Å². The summed E-state index contributed by atoms with van der Waals surface area (Å²) in [5.74, 6) is 0.450. The molecule has 1 unspecified atom stereocenters. The van der Waals surface area contributed by atoms with E-state index >= 15 is 0 Å². The lowest BCUT2D eigenvalue weighted by Gasteiger charge is -2.14. The Balaban J connectivity index is 1.48. The Labute approximate surface area is 232 Å². The molecule has 1 aliphatic rings. The summed E-state index contributed by atoms with van der Waals surface area (Å²) in [6, 6.07) is 14.5. The van der Waals surface area contributed by atoms with Crippen LogP contribution in [0.25, 0.3) is 5.69 Å². The Morgan fingerprint density at radius 2 is 1.82 bits per heavy atom. The van der Waals surface area contributed by atoms with Gasteiger partial charge in [-0.1, -0.05) is 44.5 Å². The zero-order valence-corrected chi connectivity index (χ0v) is 23.5. The van der Waals surface area contributed by atoms with Gasteiger partial charge in [0.15, 0.2) is 0 Å². The number of carbonyl (C=O) groups is 2. The van der Waals surface area contributed by atoms with E-state index in [9.17, 15) is 18.0 Å². The molecule has 4 rings (SSSR count). The Morgan fingerprint density at radius 1 is 1.08 bits per heavy atom. The largest absolute Gasteiger partial charge is 0.333 e. The summed E-state index contributed by atoms with van der Waals surface area (Å²) in [6.07, 6.45) is 0.458. The van der Waals surface area contributed by atoms with Crippen LogP contribution in [0.1, 0.15) is 38.4 Å². The molecule has 5 N–H and O–H groups in total. The standard InChI is InChI=1S/C26H32ClN7O4S/c1-26(2,3)22-14-23(31-25(36)30-19-9-7-18(27)8-10-19)34(32-22)20-6-4-5-17(13-20)15-29-24(35)33-39(37,38)21-11-12-28-16-21/h4-10,13-14,21,28H,11-12,15-16H2,1-3H3,(H2,29,33,35)(H2,30,31,36). The third-order valence-electron chi connectivity index (χ3n) is 6.12. The number of halogens is 1. The number of urea groups is 2. The number of nitrogens with zero attached hydrogens (tertiary/aromatic N) is 2. The summed E-state index contributed by atoms with van der Waals surface area (Å²) in [6.45, 7) is 7.07. The Kier molecular flexibility index (Phi) is 8.48. The summed E-state index contributed by atoms with van der Waals surface area (Å²) in [7, 11) is -3.76. The first-order valence-electron chi connectivity index (χ1n) is 12.4. The maximum absolute atomic E-state index is 12.8. The second-order valence-electron chi connectivity index (χ2n) is 10.3. The van der Waals surface area contributed by atoms with Crippen molar-refractivity contribution in [1.29, 1.82) is 0 Å². The van der Waals surface area contributed by atoms with Gasteiger partial charge in [-0.3, -0.25) is 5.32 Å². The number of rotatable bonds is 7. The molecule has 2 aromatic carbocycles. The summed E-state index contributed by atoms with van der Waals surface area (Å²) in [4.78, 5) is 25.1.